The van der Waals surface area contributed by atoms with Gasteiger partial charge in [0.15, 0.2) is 5.78 Å². The highest BCUT2D eigenvalue weighted by atomic mass is 79.9. The number of hydrogen-bond donors (Lipinski definition) is 2. The van der Waals surface area contributed by atoms with Crippen LogP contribution in [0.15, 0.2) is 59.7 Å². The zero-order chi connectivity index (χ0) is 22.1. The Balaban J connectivity index is 1.56. The highest BCUT2D eigenvalue weighted by Gasteiger charge is 2.41. The van der Waals surface area contributed by atoms with Crippen molar-refractivity contribution in [3.05, 3.63) is 76.4 Å². The summed E-state index contributed by atoms with van der Waals surface area (Å²) in [7, 11) is 0. The van der Waals surface area contributed by atoms with Crippen molar-refractivity contribution in [1.82, 2.24) is 14.5 Å². The van der Waals surface area contributed by atoms with Gasteiger partial charge < -0.3 is 15.0 Å². The first-order valence-electron chi connectivity index (χ1n) is 10.2. The summed E-state index contributed by atoms with van der Waals surface area (Å²) in [6.07, 6.45) is 4.44. The highest BCUT2D eigenvalue weighted by molar-refractivity contribution is 9.10. The first-order chi connectivity index (χ1) is 14.8. The molecule has 2 heterocycles. The standard InChI is InChI=1S/C23H24BrFN4O2/c1-13-8-19(20(25)21(13)30)28-23-18(10-26-12-27-23)22(31)16-6-7-29(11-16)14(2)15-4-3-5-17(24)9-15/h3-7,9-14,19-21,30H,8H2,1-2H3,(H,26,27,28)/t13-,14+,19-,20-,21-/m1/s1. The maximum Gasteiger partial charge on any atom is 0.199 e. The van der Waals surface area contributed by atoms with Gasteiger partial charge in [-0.2, -0.15) is 0 Å². The van der Waals surface area contributed by atoms with Gasteiger partial charge in [-0.05, 0) is 43.0 Å². The lowest BCUT2D eigenvalue weighted by atomic mass is 10.1. The van der Waals surface area contributed by atoms with Gasteiger partial charge >= 0.3 is 0 Å². The van der Waals surface area contributed by atoms with Crippen molar-refractivity contribution in [2.75, 3.05) is 5.32 Å². The number of nitrogens with one attached hydrogen (secondary N) is 1. The van der Waals surface area contributed by atoms with Crippen LogP contribution in [0, 0.1) is 5.92 Å². The fraction of sp³-hybridized carbons (Fsp3) is 0.348. The first-order valence-corrected chi connectivity index (χ1v) is 11.0. The van der Waals surface area contributed by atoms with Crippen LogP contribution < -0.4 is 5.32 Å². The van der Waals surface area contributed by atoms with Crippen LogP contribution >= 0.6 is 15.9 Å². The molecule has 0 radical (unpaired) electrons. The molecule has 1 saturated carbocycles. The number of carbonyl (C=O) groups excluding carboxylic acids is 1. The van der Waals surface area contributed by atoms with Gasteiger partial charge in [-0.1, -0.05) is 35.0 Å². The van der Waals surface area contributed by atoms with Gasteiger partial charge in [0, 0.05) is 28.6 Å². The molecule has 5 atom stereocenters. The molecule has 6 nitrogen and oxygen atoms in total. The average molecular weight is 487 g/mol. The van der Waals surface area contributed by atoms with Crippen LogP contribution in [0.4, 0.5) is 10.2 Å². The maximum atomic E-state index is 14.4. The van der Waals surface area contributed by atoms with E-state index < -0.39 is 18.3 Å². The molecule has 1 aliphatic carbocycles. The number of nitrogens with zero attached hydrogens (tertiary/aromatic N) is 3. The van der Waals surface area contributed by atoms with E-state index in [2.05, 4.69) is 38.1 Å². The molecule has 0 aliphatic heterocycles. The van der Waals surface area contributed by atoms with Crippen molar-refractivity contribution in [3.63, 3.8) is 0 Å². The number of alkyl halides is 1. The van der Waals surface area contributed by atoms with Gasteiger partial charge in [0.05, 0.1) is 23.8 Å². The Kier molecular flexibility index (Phi) is 6.20. The zero-order valence-electron chi connectivity index (χ0n) is 17.2. The molecule has 31 heavy (non-hydrogen) atoms. The number of carbonyl (C=O) groups is 1. The predicted octanol–water partition coefficient (Wildman–Crippen LogP) is 4.40. The van der Waals surface area contributed by atoms with Crippen LogP contribution in [0.3, 0.4) is 0 Å². The zero-order valence-corrected chi connectivity index (χ0v) is 18.8. The van der Waals surface area contributed by atoms with Crippen LogP contribution in [0.5, 0.6) is 0 Å². The number of aliphatic hydroxyl groups is 1. The molecule has 1 aromatic carbocycles. The number of anilines is 1. The Morgan fingerprint density at radius 3 is 2.90 bits per heavy atom. The number of benzene rings is 1. The van der Waals surface area contributed by atoms with E-state index in [-0.39, 0.29) is 29.1 Å². The van der Waals surface area contributed by atoms with Crippen LogP contribution in [0.25, 0.3) is 0 Å². The summed E-state index contributed by atoms with van der Waals surface area (Å²) >= 11 is 3.49. The molecular weight excluding hydrogens is 463 g/mol. The molecule has 8 heteroatoms. The lowest BCUT2D eigenvalue weighted by Crippen LogP contribution is -2.32. The van der Waals surface area contributed by atoms with Gasteiger partial charge in [-0.25, -0.2) is 14.4 Å². The van der Waals surface area contributed by atoms with E-state index in [4.69, 9.17) is 0 Å². The van der Waals surface area contributed by atoms with E-state index in [0.29, 0.717) is 12.0 Å². The second-order valence-electron chi connectivity index (χ2n) is 8.09. The van der Waals surface area contributed by atoms with Crippen LogP contribution in [0.1, 0.15) is 47.8 Å². The quantitative estimate of drug-likeness (QED) is 0.504. The lowest BCUT2D eigenvalue weighted by molar-refractivity contribution is 0.0725. The van der Waals surface area contributed by atoms with E-state index in [9.17, 15) is 14.3 Å². The fourth-order valence-corrected chi connectivity index (χ4v) is 4.45. The Morgan fingerprint density at radius 2 is 2.19 bits per heavy atom. The van der Waals surface area contributed by atoms with E-state index in [1.54, 1.807) is 19.2 Å². The van der Waals surface area contributed by atoms with Crippen molar-refractivity contribution in [3.8, 4) is 0 Å². The van der Waals surface area contributed by atoms with Crippen LogP contribution in [-0.2, 0) is 0 Å². The second kappa shape index (κ2) is 8.88. The number of rotatable bonds is 6. The van der Waals surface area contributed by atoms with E-state index in [0.717, 1.165) is 10.0 Å². The topological polar surface area (TPSA) is 80.0 Å². The molecule has 4 rings (SSSR count). The minimum absolute atomic E-state index is 0.0393. The van der Waals surface area contributed by atoms with Crippen molar-refractivity contribution < 1.29 is 14.3 Å². The Morgan fingerprint density at radius 1 is 1.39 bits per heavy atom. The van der Waals surface area contributed by atoms with Crippen molar-refractivity contribution in [1.29, 1.82) is 0 Å². The lowest BCUT2D eigenvalue weighted by Gasteiger charge is -2.18. The van der Waals surface area contributed by atoms with Crippen molar-refractivity contribution >= 4 is 27.5 Å². The second-order valence-corrected chi connectivity index (χ2v) is 9.01. The highest BCUT2D eigenvalue weighted by Crippen LogP contribution is 2.31. The summed E-state index contributed by atoms with van der Waals surface area (Å²) in [5.74, 6) is -0.130. The fourth-order valence-electron chi connectivity index (χ4n) is 4.03. The van der Waals surface area contributed by atoms with Crippen LogP contribution in [0.2, 0.25) is 0 Å². The smallest absolute Gasteiger partial charge is 0.199 e. The molecule has 0 spiro atoms. The number of aromatic nitrogens is 3. The van der Waals surface area contributed by atoms with Crippen molar-refractivity contribution in [2.45, 2.75) is 44.6 Å². The summed E-state index contributed by atoms with van der Waals surface area (Å²) in [6.45, 7) is 3.86. The molecule has 0 bridgehead atoms. The summed E-state index contributed by atoms with van der Waals surface area (Å²) in [4.78, 5) is 21.4. The normalized spacial score (nSPS) is 24.2. The monoisotopic (exact) mass is 486 g/mol. The van der Waals surface area contributed by atoms with Gasteiger partial charge in [0.2, 0.25) is 0 Å². The SMILES string of the molecule is C[C@@H]1C[C@@H](Nc2ncncc2C(=O)c2ccn([C@@H](C)c3cccc(Br)c3)c2)[C@@H](F)[C@@H]1O. The summed E-state index contributed by atoms with van der Waals surface area (Å²) in [6, 6.07) is 9.22. The average Bonchev–Trinajstić information content (AvgIpc) is 3.35. The molecule has 162 valence electrons. The molecule has 2 aromatic heterocycles. The number of aliphatic hydroxyl groups excluding tert-OH is 1. The largest absolute Gasteiger partial charge is 0.390 e. The van der Waals surface area contributed by atoms with Gasteiger partial charge in [0.25, 0.3) is 0 Å². The summed E-state index contributed by atoms with van der Waals surface area (Å²) in [5.41, 5.74) is 1.88. The van der Waals surface area contributed by atoms with E-state index in [1.807, 2.05) is 35.0 Å². The number of halogens is 2. The molecule has 0 unspecified atom stereocenters. The minimum Gasteiger partial charge on any atom is -0.390 e. The van der Waals surface area contributed by atoms with Crippen LogP contribution in [-0.4, -0.2) is 43.7 Å². The third-order valence-electron chi connectivity index (χ3n) is 5.95. The molecule has 1 aliphatic rings. The number of ketones is 1. The molecule has 2 N–H and O–H groups in total. The molecule has 1 fully saturated rings. The number of hydrogen-bond acceptors (Lipinski definition) is 5. The first kappa shape index (κ1) is 21.6. The Labute approximate surface area is 188 Å². The minimum atomic E-state index is -1.42. The molecule has 3 aromatic rings. The van der Waals surface area contributed by atoms with Gasteiger partial charge in [-0.3, -0.25) is 4.79 Å². The molecule has 0 saturated heterocycles. The third kappa shape index (κ3) is 4.41. The summed E-state index contributed by atoms with van der Waals surface area (Å²) < 4.78 is 17.4. The summed E-state index contributed by atoms with van der Waals surface area (Å²) in [5, 5.41) is 12.9. The predicted molar refractivity (Wildman–Crippen MR) is 120 cm³/mol. The van der Waals surface area contributed by atoms with E-state index >= 15 is 0 Å². The van der Waals surface area contributed by atoms with Gasteiger partial charge in [-0.15, -0.1) is 0 Å². The van der Waals surface area contributed by atoms with E-state index in [1.165, 1.54) is 12.5 Å². The third-order valence-corrected chi connectivity index (χ3v) is 6.45. The molecule has 0 amide bonds. The Bertz CT molecular complexity index is 1090. The maximum absolute atomic E-state index is 14.4. The van der Waals surface area contributed by atoms with Crippen molar-refractivity contribution in [2.24, 2.45) is 5.92 Å². The Hall–Kier alpha value is -2.58. The van der Waals surface area contributed by atoms with Gasteiger partial charge in [0.1, 0.15) is 18.3 Å². The molecular formula is C23H24BrFN4O2.